The normalized spacial score (nSPS) is 23.4. The summed E-state index contributed by atoms with van der Waals surface area (Å²) < 4.78 is 28.0. The minimum absolute atomic E-state index is 0.130. The van der Waals surface area contributed by atoms with Crippen LogP contribution in [0.3, 0.4) is 0 Å². The van der Waals surface area contributed by atoms with E-state index in [4.69, 9.17) is 4.74 Å². The van der Waals surface area contributed by atoms with Gasteiger partial charge in [0.25, 0.3) is 0 Å². The molecule has 114 valence electrons. The highest BCUT2D eigenvalue weighted by Crippen LogP contribution is 2.27. The third-order valence-electron chi connectivity index (χ3n) is 3.02. The molecule has 1 rings (SSSR count). The van der Waals surface area contributed by atoms with Crippen LogP contribution in [0.4, 0.5) is 0 Å². The van der Waals surface area contributed by atoms with E-state index < -0.39 is 9.84 Å². The molecule has 0 aromatic rings. The molecule has 0 spiro atoms. The van der Waals surface area contributed by atoms with Crippen LogP contribution >= 0.6 is 0 Å². The van der Waals surface area contributed by atoms with E-state index in [0.29, 0.717) is 6.54 Å². The molecule has 6 heteroatoms. The van der Waals surface area contributed by atoms with Crippen molar-refractivity contribution in [2.24, 2.45) is 0 Å². The summed E-state index contributed by atoms with van der Waals surface area (Å²) in [5, 5.41) is 3.18. The van der Waals surface area contributed by atoms with Crippen molar-refractivity contribution in [3.8, 4) is 0 Å². The van der Waals surface area contributed by atoms with Crippen molar-refractivity contribution in [3.05, 3.63) is 0 Å². The van der Waals surface area contributed by atoms with Gasteiger partial charge < -0.3 is 10.1 Å². The molecule has 0 atom stereocenters. The highest BCUT2D eigenvalue weighted by molar-refractivity contribution is 7.90. The lowest BCUT2D eigenvalue weighted by atomic mass is 9.99. The van der Waals surface area contributed by atoms with E-state index in [-0.39, 0.29) is 17.0 Å². The Balaban J connectivity index is 2.29. The summed E-state index contributed by atoms with van der Waals surface area (Å²) in [6.45, 7) is 12.5. The summed E-state index contributed by atoms with van der Waals surface area (Å²) in [6, 6.07) is 0. The van der Waals surface area contributed by atoms with Gasteiger partial charge in [-0.25, -0.2) is 8.42 Å². The minimum atomic E-state index is -2.86. The summed E-state index contributed by atoms with van der Waals surface area (Å²) in [6.07, 6.45) is 1.27. The average Bonchev–Trinajstić information content (AvgIpc) is 2.09. The molecule has 1 aliphatic heterocycles. The van der Waals surface area contributed by atoms with Crippen molar-refractivity contribution in [3.63, 3.8) is 0 Å². The van der Waals surface area contributed by atoms with Crippen molar-refractivity contribution < 1.29 is 13.2 Å². The van der Waals surface area contributed by atoms with Gasteiger partial charge in [0.15, 0.2) is 0 Å². The number of hydrogen-bond acceptors (Lipinski definition) is 5. The van der Waals surface area contributed by atoms with Crippen LogP contribution in [0.25, 0.3) is 0 Å². The molecule has 19 heavy (non-hydrogen) atoms. The highest BCUT2D eigenvalue weighted by Gasteiger charge is 2.37. The lowest BCUT2D eigenvalue weighted by Crippen LogP contribution is -2.58. The second kappa shape index (κ2) is 6.08. The third-order valence-corrected chi connectivity index (χ3v) is 3.96. The molecule has 0 saturated carbocycles. The van der Waals surface area contributed by atoms with Crippen LogP contribution in [0.1, 0.15) is 27.7 Å². The first-order chi connectivity index (χ1) is 8.49. The van der Waals surface area contributed by atoms with Gasteiger partial charge in [0.2, 0.25) is 0 Å². The first-order valence-electron chi connectivity index (χ1n) is 6.80. The summed E-state index contributed by atoms with van der Waals surface area (Å²) in [5.41, 5.74) is -0.261. The summed E-state index contributed by atoms with van der Waals surface area (Å²) >= 11 is 0. The van der Waals surface area contributed by atoms with Crippen molar-refractivity contribution in [1.29, 1.82) is 0 Å². The third kappa shape index (κ3) is 7.25. The first kappa shape index (κ1) is 16.9. The zero-order valence-electron chi connectivity index (χ0n) is 12.8. The van der Waals surface area contributed by atoms with Gasteiger partial charge in [-0.05, 0) is 27.7 Å². The van der Waals surface area contributed by atoms with Crippen LogP contribution in [0.15, 0.2) is 0 Å². The maximum Gasteiger partial charge on any atom is 0.148 e. The molecule has 0 bridgehead atoms. The van der Waals surface area contributed by atoms with Gasteiger partial charge in [0.05, 0.1) is 17.0 Å². The number of hydrogen-bond donors (Lipinski definition) is 1. The Bertz CT molecular complexity index is 375. The molecular weight excluding hydrogens is 264 g/mol. The van der Waals surface area contributed by atoms with Gasteiger partial charge in [-0.15, -0.1) is 0 Å². The van der Waals surface area contributed by atoms with E-state index in [9.17, 15) is 8.42 Å². The Hall–Kier alpha value is -0.170. The fourth-order valence-electron chi connectivity index (χ4n) is 2.72. The van der Waals surface area contributed by atoms with Crippen molar-refractivity contribution in [2.45, 2.75) is 38.9 Å². The number of nitrogens with one attached hydrogen (secondary N) is 1. The maximum absolute atomic E-state index is 11.0. The minimum Gasteiger partial charge on any atom is -0.367 e. The number of rotatable bonds is 6. The molecule has 0 amide bonds. The average molecular weight is 292 g/mol. The van der Waals surface area contributed by atoms with Crippen LogP contribution in [0.5, 0.6) is 0 Å². The standard InChI is InChI=1S/C13H28N2O3S/c1-12(2)10-15(11-13(3,4)18-12)8-6-14-7-9-19(5,16)17/h14H,6-11H2,1-5H3. The molecule has 1 fully saturated rings. The van der Waals surface area contributed by atoms with Gasteiger partial charge in [-0.1, -0.05) is 0 Å². The Kier molecular flexibility index (Phi) is 5.40. The molecule has 1 saturated heterocycles. The lowest BCUT2D eigenvalue weighted by Gasteiger charge is -2.47. The van der Waals surface area contributed by atoms with E-state index in [1.54, 1.807) is 0 Å². The van der Waals surface area contributed by atoms with Crippen LogP contribution in [0, 0.1) is 0 Å². The van der Waals surface area contributed by atoms with E-state index in [0.717, 1.165) is 26.2 Å². The number of nitrogens with zero attached hydrogens (tertiary/aromatic N) is 1. The molecule has 0 aromatic heterocycles. The Morgan fingerprint density at radius 2 is 1.63 bits per heavy atom. The smallest absolute Gasteiger partial charge is 0.148 e. The van der Waals surface area contributed by atoms with Gasteiger partial charge >= 0.3 is 0 Å². The van der Waals surface area contributed by atoms with E-state index in [1.807, 2.05) is 0 Å². The van der Waals surface area contributed by atoms with Gasteiger partial charge in [-0.2, -0.15) is 0 Å². The van der Waals surface area contributed by atoms with E-state index >= 15 is 0 Å². The molecular formula is C13H28N2O3S. The Morgan fingerprint density at radius 1 is 1.11 bits per heavy atom. The van der Waals surface area contributed by atoms with Gasteiger partial charge in [0, 0.05) is 39.0 Å². The number of morpholine rings is 1. The molecule has 0 radical (unpaired) electrons. The zero-order valence-corrected chi connectivity index (χ0v) is 13.6. The molecule has 1 heterocycles. The van der Waals surface area contributed by atoms with Crippen LogP contribution in [-0.4, -0.2) is 69.3 Å². The zero-order chi connectivity index (χ0) is 14.7. The molecule has 5 nitrogen and oxygen atoms in total. The fraction of sp³-hybridized carbons (Fsp3) is 1.00. The second-order valence-corrected chi connectivity index (χ2v) is 8.97. The first-order valence-corrected chi connectivity index (χ1v) is 8.86. The molecule has 1 N–H and O–H groups in total. The second-order valence-electron chi connectivity index (χ2n) is 6.71. The topological polar surface area (TPSA) is 58.6 Å². The van der Waals surface area contributed by atoms with Crippen LogP contribution in [-0.2, 0) is 14.6 Å². The number of ether oxygens (including phenoxy) is 1. The van der Waals surface area contributed by atoms with Crippen molar-refractivity contribution >= 4 is 9.84 Å². The van der Waals surface area contributed by atoms with Crippen LogP contribution < -0.4 is 5.32 Å². The monoisotopic (exact) mass is 292 g/mol. The SMILES string of the molecule is CC1(C)CN(CCNCCS(C)(=O)=O)CC(C)(C)O1. The predicted molar refractivity (Wildman–Crippen MR) is 78.3 cm³/mol. The fourth-order valence-corrected chi connectivity index (χ4v) is 3.24. The van der Waals surface area contributed by atoms with Gasteiger partial charge in [0.1, 0.15) is 9.84 Å². The molecule has 0 aromatic carbocycles. The van der Waals surface area contributed by atoms with E-state index in [2.05, 4.69) is 37.9 Å². The van der Waals surface area contributed by atoms with Crippen LogP contribution in [0.2, 0.25) is 0 Å². The summed E-state index contributed by atoms with van der Waals surface area (Å²) in [5.74, 6) is 0.201. The molecule has 1 aliphatic rings. The summed E-state index contributed by atoms with van der Waals surface area (Å²) in [4.78, 5) is 2.37. The number of sulfone groups is 1. The largest absolute Gasteiger partial charge is 0.367 e. The van der Waals surface area contributed by atoms with Gasteiger partial charge in [-0.3, -0.25) is 4.90 Å². The van der Waals surface area contributed by atoms with E-state index in [1.165, 1.54) is 6.26 Å². The maximum atomic E-state index is 11.0. The highest BCUT2D eigenvalue weighted by atomic mass is 32.2. The van der Waals surface area contributed by atoms with Crippen molar-refractivity contribution in [2.75, 3.05) is 44.7 Å². The molecule has 0 unspecified atom stereocenters. The van der Waals surface area contributed by atoms with Crippen molar-refractivity contribution in [1.82, 2.24) is 10.2 Å². The Morgan fingerprint density at radius 3 is 2.11 bits per heavy atom. The summed E-state index contributed by atoms with van der Waals surface area (Å²) in [7, 11) is -2.86. The quantitative estimate of drug-likeness (QED) is 0.723. The Labute approximate surface area is 117 Å². The predicted octanol–water partition coefficient (Wildman–Crippen LogP) is 0.510. The molecule has 0 aliphatic carbocycles. The lowest BCUT2D eigenvalue weighted by molar-refractivity contribution is -0.179.